The minimum absolute atomic E-state index is 0.0958. The van der Waals surface area contributed by atoms with Gasteiger partial charge in [0, 0.05) is 36.1 Å². The van der Waals surface area contributed by atoms with E-state index in [0.29, 0.717) is 17.7 Å². The summed E-state index contributed by atoms with van der Waals surface area (Å²) in [4.78, 5) is 27.5. The summed E-state index contributed by atoms with van der Waals surface area (Å²) in [6.45, 7) is 4.66. The van der Waals surface area contributed by atoms with Gasteiger partial charge < -0.3 is 0 Å². The van der Waals surface area contributed by atoms with Crippen LogP contribution in [0.15, 0.2) is 36.4 Å². The van der Waals surface area contributed by atoms with Gasteiger partial charge in [0.05, 0.1) is 6.04 Å². The second-order valence-corrected chi connectivity index (χ2v) is 6.83. The van der Waals surface area contributed by atoms with Crippen LogP contribution >= 0.6 is 0 Å². The second-order valence-electron chi connectivity index (χ2n) is 6.83. The van der Waals surface area contributed by atoms with Gasteiger partial charge in [0.15, 0.2) is 0 Å². The first-order valence-corrected chi connectivity index (χ1v) is 9.08. The van der Waals surface area contributed by atoms with Crippen molar-refractivity contribution < 1.29 is 9.59 Å². The number of hydrogen-bond donors (Lipinski definition) is 1. The topological polar surface area (TPSA) is 52.7 Å². The Labute approximate surface area is 147 Å². The molecule has 0 spiro atoms. The highest BCUT2D eigenvalue weighted by atomic mass is 16.2. The van der Waals surface area contributed by atoms with E-state index in [1.165, 1.54) is 4.90 Å². The Morgan fingerprint density at radius 1 is 1.08 bits per heavy atom. The van der Waals surface area contributed by atoms with Crippen LogP contribution in [0.1, 0.15) is 46.9 Å². The molecule has 2 aliphatic rings. The van der Waals surface area contributed by atoms with Crippen molar-refractivity contribution in [2.75, 3.05) is 19.6 Å². The van der Waals surface area contributed by atoms with Gasteiger partial charge in [-0.15, -0.1) is 0 Å². The number of hydrazine groups is 1. The fourth-order valence-electron chi connectivity index (χ4n) is 3.86. The molecule has 0 saturated carbocycles. The van der Waals surface area contributed by atoms with Crippen LogP contribution in [-0.4, -0.2) is 47.4 Å². The van der Waals surface area contributed by atoms with Crippen molar-refractivity contribution in [2.45, 2.75) is 32.2 Å². The number of carbonyl (C=O) groups is 2. The Hall–Kier alpha value is -2.24. The van der Waals surface area contributed by atoms with Crippen LogP contribution in [0, 0.1) is 0 Å². The van der Waals surface area contributed by atoms with Crippen LogP contribution in [0.5, 0.6) is 0 Å². The summed E-state index contributed by atoms with van der Waals surface area (Å²) in [5, 5.41) is 3.95. The lowest BCUT2D eigenvalue weighted by atomic mass is 9.92. The number of imide groups is 1. The van der Waals surface area contributed by atoms with E-state index in [4.69, 9.17) is 0 Å². The predicted octanol–water partition coefficient (Wildman–Crippen LogP) is 2.81. The van der Waals surface area contributed by atoms with E-state index in [2.05, 4.69) is 17.4 Å². The smallest absolute Gasteiger partial charge is 0.261 e. The van der Waals surface area contributed by atoms with Crippen molar-refractivity contribution in [1.82, 2.24) is 15.3 Å². The van der Waals surface area contributed by atoms with E-state index in [-0.39, 0.29) is 17.9 Å². The minimum atomic E-state index is -0.164. The third kappa shape index (κ3) is 2.73. The first kappa shape index (κ1) is 16.2. The molecule has 2 aromatic carbocycles. The van der Waals surface area contributed by atoms with Gasteiger partial charge in [0.1, 0.15) is 0 Å². The third-order valence-electron chi connectivity index (χ3n) is 5.23. The van der Waals surface area contributed by atoms with Gasteiger partial charge in [-0.25, -0.2) is 5.01 Å². The van der Waals surface area contributed by atoms with Crippen molar-refractivity contribution in [3.05, 3.63) is 47.5 Å². The van der Waals surface area contributed by atoms with E-state index in [9.17, 15) is 9.59 Å². The van der Waals surface area contributed by atoms with Gasteiger partial charge in [-0.1, -0.05) is 37.6 Å². The van der Waals surface area contributed by atoms with Crippen LogP contribution < -0.4 is 5.43 Å². The van der Waals surface area contributed by atoms with E-state index in [1.807, 2.05) is 36.4 Å². The first-order valence-electron chi connectivity index (χ1n) is 9.08. The normalized spacial score (nSPS) is 21.2. The Morgan fingerprint density at radius 3 is 2.32 bits per heavy atom. The van der Waals surface area contributed by atoms with Crippen LogP contribution in [-0.2, 0) is 0 Å². The zero-order valence-corrected chi connectivity index (χ0v) is 14.5. The summed E-state index contributed by atoms with van der Waals surface area (Å²) < 4.78 is 0. The average molecular weight is 337 g/mol. The lowest BCUT2D eigenvalue weighted by Gasteiger charge is -2.39. The molecule has 1 N–H and O–H groups in total. The molecule has 5 heteroatoms. The molecule has 2 amide bonds. The summed E-state index contributed by atoms with van der Waals surface area (Å²) in [6, 6.07) is 11.2. The van der Waals surface area contributed by atoms with Crippen molar-refractivity contribution in [1.29, 1.82) is 0 Å². The highest BCUT2D eigenvalue weighted by Gasteiger charge is 2.38. The quantitative estimate of drug-likeness (QED) is 0.872. The predicted molar refractivity (Wildman–Crippen MR) is 97.3 cm³/mol. The maximum Gasteiger partial charge on any atom is 0.261 e. The summed E-state index contributed by atoms with van der Waals surface area (Å²) in [5.41, 5.74) is 4.66. The van der Waals surface area contributed by atoms with Crippen LogP contribution in [0.3, 0.4) is 0 Å². The van der Waals surface area contributed by atoms with E-state index >= 15 is 0 Å². The van der Waals surface area contributed by atoms with Crippen molar-refractivity contribution in [2.24, 2.45) is 0 Å². The molecule has 130 valence electrons. The molecule has 1 fully saturated rings. The van der Waals surface area contributed by atoms with Gasteiger partial charge >= 0.3 is 0 Å². The molecular weight excluding hydrogens is 314 g/mol. The molecule has 2 aromatic rings. The fraction of sp³-hybridized carbons (Fsp3) is 0.400. The zero-order valence-electron chi connectivity index (χ0n) is 14.5. The maximum absolute atomic E-state index is 13.0. The molecule has 0 radical (unpaired) electrons. The molecule has 1 unspecified atom stereocenters. The number of rotatable bonds is 4. The highest BCUT2D eigenvalue weighted by molar-refractivity contribution is 6.25. The maximum atomic E-state index is 13.0. The number of benzene rings is 2. The molecule has 1 atom stereocenters. The van der Waals surface area contributed by atoms with Crippen LogP contribution in [0.25, 0.3) is 10.8 Å². The first-order chi connectivity index (χ1) is 12.2. The fourth-order valence-corrected chi connectivity index (χ4v) is 3.86. The van der Waals surface area contributed by atoms with E-state index in [0.717, 1.165) is 43.1 Å². The van der Waals surface area contributed by atoms with Gasteiger partial charge in [-0.2, -0.15) is 0 Å². The summed E-state index contributed by atoms with van der Waals surface area (Å²) in [5.74, 6) is -0.328. The SMILES string of the molecule is CCCCN1CCC(N2C(=O)c3cccc4cccc(c34)C2=O)CN1. The molecular formula is C20H23N3O2. The van der Waals surface area contributed by atoms with Crippen molar-refractivity contribution in [3.8, 4) is 0 Å². The molecule has 2 aliphatic heterocycles. The molecule has 0 bridgehead atoms. The van der Waals surface area contributed by atoms with Crippen LogP contribution in [0.2, 0.25) is 0 Å². The number of amides is 2. The standard InChI is InChI=1S/C20H23N3O2/c1-2-3-11-22-12-10-15(13-21-22)23-19(24)16-8-4-6-14-7-5-9-17(18(14)16)20(23)25/h4-9,15,21H,2-3,10-13H2,1H3. The van der Waals surface area contributed by atoms with Gasteiger partial charge in [-0.05, 0) is 30.4 Å². The summed E-state index contributed by atoms with van der Waals surface area (Å²) >= 11 is 0. The zero-order chi connectivity index (χ0) is 17.4. The molecule has 5 nitrogen and oxygen atoms in total. The number of hydrogen-bond acceptors (Lipinski definition) is 4. The monoisotopic (exact) mass is 337 g/mol. The lowest BCUT2D eigenvalue weighted by Crippen LogP contribution is -2.58. The average Bonchev–Trinajstić information content (AvgIpc) is 2.65. The van der Waals surface area contributed by atoms with Gasteiger partial charge in [0.25, 0.3) is 11.8 Å². The minimum Gasteiger partial charge on any atom is -0.270 e. The van der Waals surface area contributed by atoms with E-state index in [1.54, 1.807) is 0 Å². The number of nitrogens with one attached hydrogen (secondary N) is 1. The third-order valence-corrected chi connectivity index (χ3v) is 5.23. The Balaban J connectivity index is 1.61. The Morgan fingerprint density at radius 2 is 1.76 bits per heavy atom. The molecule has 0 aromatic heterocycles. The largest absolute Gasteiger partial charge is 0.270 e. The Bertz CT molecular complexity index is 774. The molecule has 25 heavy (non-hydrogen) atoms. The highest BCUT2D eigenvalue weighted by Crippen LogP contribution is 2.31. The number of nitrogens with zero attached hydrogens (tertiary/aromatic N) is 2. The second kappa shape index (κ2) is 6.58. The van der Waals surface area contributed by atoms with Crippen LogP contribution in [0.4, 0.5) is 0 Å². The molecule has 4 rings (SSSR count). The summed E-state index contributed by atoms with van der Waals surface area (Å²) in [7, 11) is 0. The molecule has 0 aliphatic carbocycles. The molecule has 1 saturated heterocycles. The van der Waals surface area contributed by atoms with Crippen molar-refractivity contribution >= 4 is 22.6 Å². The molecule has 2 heterocycles. The Kier molecular flexibility index (Phi) is 4.27. The van der Waals surface area contributed by atoms with E-state index < -0.39 is 0 Å². The number of unbranched alkanes of at least 4 members (excludes halogenated alkanes) is 1. The van der Waals surface area contributed by atoms with Crippen molar-refractivity contribution in [3.63, 3.8) is 0 Å². The summed E-state index contributed by atoms with van der Waals surface area (Å²) in [6.07, 6.45) is 3.12. The number of carbonyl (C=O) groups excluding carboxylic acids is 2. The lowest BCUT2D eigenvalue weighted by molar-refractivity contribution is 0.0400. The van der Waals surface area contributed by atoms with Gasteiger partial charge in [-0.3, -0.25) is 19.9 Å². The van der Waals surface area contributed by atoms with Gasteiger partial charge in [0.2, 0.25) is 0 Å².